The summed E-state index contributed by atoms with van der Waals surface area (Å²) in [5.74, 6) is -1.80. The summed E-state index contributed by atoms with van der Waals surface area (Å²) in [5, 5.41) is 0. The molecule has 0 aliphatic heterocycles. The van der Waals surface area contributed by atoms with E-state index < -0.39 is 11.8 Å². The lowest BCUT2D eigenvalue weighted by molar-refractivity contribution is 0.0969. The number of nitrogens with zero attached hydrogens (tertiary/aromatic N) is 1. The Morgan fingerprint density at radius 1 is 0.714 bits per heavy atom. The number of hydrogen-bond acceptors (Lipinski definition) is 3. The van der Waals surface area contributed by atoms with Crippen molar-refractivity contribution in [3.63, 3.8) is 0 Å². The van der Waals surface area contributed by atoms with Crippen LogP contribution >= 0.6 is 0 Å². The van der Waals surface area contributed by atoms with Gasteiger partial charge in [-0.05, 0) is 42.5 Å². The molecule has 3 rings (SSSR count). The van der Waals surface area contributed by atoms with Gasteiger partial charge in [0.1, 0.15) is 0 Å². The van der Waals surface area contributed by atoms with Crippen molar-refractivity contribution in [1.82, 2.24) is 4.57 Å². The van der Waals surface area contributed by atoms with Gasteiger partial charge in [-0.25, -0.2) is 0 Å². The van der Waals surface area contributed by atoms with Crippen molar-refractivity contribution in [2.45, 2.75) is 0 Å². The molecule has 104 valence electrons. The van der Waals surface area contributed by atoms with Crippen LogP contribution in [0.25, 0.3) is 11.0 Å². The number of hydrogen-bond donors (Lipinski definition) is 2. The topological polar surface area (TPSA) is 108 Å². The first kappa shape index (κ1) is 12.9. The van der Waals surface area contributed by atoms with Crippen molar-refractivity contribution in [1.29, 1.82) is 0 Å². The summed E-state index contributed by atoms with van der Waals surface area (Å²) < 4.78 is 1.49. The third-order valence-corrected chi connectivity index (χ3v) is 3.32. The van der Waals surface area contributed by atoms with Crippen molar-refractivity contribution in [3.05, 3.63) is 59.2 Å². The second-order valence-corrected chi connectivity index (χ2v) is 4.68. The van der Waals surface area contributed by atoms with E-state index >= 15 is 0 Å². The van der Waals surface area contributed by atoms with E-state index in [0.717, 1.165) is 11.0 Å². The highest BCUT2D eigenvalue weighted by Crippen LogP contribution is 2.20. The Balaban J connectivity index is 2.15. The summed E-state index contributed by atoms with van der Waals surface area (Å²) >= 11 is 0. The van der Waals surface area contributed by atoms with Crippen LogP contribution in [0.2, 0.25) is 0 Å². The zero-order chi connectivity index (χ0) is 15.1. The van der Waals surface area contributed by atoms with Crippen molar-refractivity contribution in [2.75, 3.05) is 0 Å². The number of amides is 2. The van der Waals surface area contributed by atoms with Crippen molar-refractivity contribution in [2.24, 2.45) is 11.5 Å². The molecule has 2 aromatic heterocycles. The quantitative estimate of drug-likeness (QED) is 0.746. The standard InChI is InChI=1S/C15H11N3O3/c16-13(19)8-5-9(14(17)20)7-10(6-8)15(21)18-11-1-2-12(18)4-3-11/h1-7H,(H2,16,19)(H2,17,20). The Kier molecular flexibility index (Phi) is 2.72. The van der Waals surface area contributed by atoms with Gasteiger partial charge >= 0.3 is 0 Å². The lowest BCUT2D eigenvalue weighted by atomic mass is 10.0. The number of nitrogens with two attached hydrogens (primary N) is 2. The van der Waals surface area contributed by atoms with Crippen molar-refractivity contribution < 1.29 is 14.4 Å². The average Bonchev–Trinajstić information content (AvgIpc) is 3.05. The maximum atomic E-state index is 12.6. The maximum absolute atomic E-state index is 12.6. The van der Waals surface area contributed by atoms with Gasteiger partial charge < -0.3 is 11.5 Å². The first-order chi connectivity index (χ1) is 9.97. The zero-order valence-corrected chi connectivity index (χ0v) is 10.9. The molecule has 0 saturated carbocycles. The van der Waals surface area contributed by atoms with E-state index in [2.05, 4.69) is 0 Å². The highest BCUT2D eigenvalue weighted by Gasteiger charge is 2.17. The van der Waals surface area contributed by atoms with E-state index in [9.17, 15) is 14.4 Å². The number of carbonyl (C=O) groups is 3. The fraction of sp³-hybridized carbons (Fsp3) is 0. The van der Waals surface area contributed by atoms with Crippen LogP contribution in [0.4, 0.5) is 0 Å². The molecule has 0 spiro atoms. The summed E-state index contributed by atoms with van der Waals surface area (Å²) in [7, 11) is 0. The molecule has 2 amide bonds. The smallest absolute Gasteiger partial charge is 0.262 e. The normalized spacial score (nSPS) is 10.9. The van der Waals surface area contributed by atoms with E-state index in [1.807, 2.05) is 0 Å². The fourth-order valence-corrected chi connectivity index (χ4v) is 2.30. The van der Waals surface area contributed by atoms with Crippen molar-refractivity contribution in [3.8, 4) is 0 Å². The largest absolute Gasteiger partial charge is 0.366 e. The molecule has 6 heteroatoms. The number of rotatable bonds is 3. The molecular weight excluding hydrogens is 270 g/mol. The van der Waals surface area contributed by atoms with Crippen LogP contribution < -0.4 is 11.5 Å². The third-order valence-electron chi connectivity index (χ3n) is 3.32. The summed E-state index contributed by atoms with van der Waals surface area (Å²) in [4.78, 5) is 35.2. The van der Waals surface area contributed by atoms with Crippen LogP contribution in [0, 0.1) is 0 Å². The van der Waals surface area contributed by atoms with Crippen LogP contribution in [-0.4, -0.2) is 22.3 Å². The molecule has 0 aliphatic rings. The van der Waals surface area contributed by atoms with Gasteiger partial charge in [-0.3, -0.25) is 19.0 Å². The monoisotopic (exact) mass is 281 g/mol. The fourth-order valence-electron chi connectivity index (χ4n) is 2.30. The zero-order valence-electron chi connectivity index (χ0n) is 10.9. The van der Waals surface area contributed by atoms with Gasteiger partial charge in [-0.1, -0.05) is 0 Å². The third kappa shape index (κ3) is 2.02. The van der Waals surface area contributed by atoms with Crippen LogP contribution in [-0.2, 0) is 0 Å². The number of aromatic nitrogens is 1. The molecule has 0 fully saturated rings. The van der Waals surface area contributed by atoms with Gasteiger partial charge in [0.05, 0.1) is 0 Å². The van der Waals surface area contributed by atoms with Crippen LogP contribution in [0.3, 0.4) is 0 Å². The Bertz CT molecular complexity index is 799. The highest BCUT2D eigenvalue weighted by atomic mass is 16.2. The number of primary amides is 2. The molecule has 6 nitrogen and oxygen atoms in total. The summed E-state index contributed by atoms with van der Waals surface area (Å²) in [6.45, 7) is 0. The van der Waals surface area contributed by atoms with Crippen LogP contribution in [0.15, 0.2) is 42.5 Å². The molecular formula is C15H11N3O3. The van der Waals surface area contributed by atoms with Gasteiger partial charge in [0.2, 0.25) is 11.8 Å². The van der Waals surface area contributed by atoms with E-state index in [-0.39, 0.29) is 22.6 Å². The number of carbonyl (C=O) groups excluding carboxylic acids is 3. The molecule has 4 N–H and O–H groups in total. The molecule has 2 bridgehead atoms. The molecule has 3 aromatic rings. The minimum absolute atomic E-state index is 0.0668. The van der Waals surface area contributed by atoms with E-state index in [1.54, 1.807) is 24.3 Å². The molecule has 0 atom stereocenters. The summed E-state index contributed by atoms with van der Waals surface area (Å²) in [6.07, 6.45) is 0. The minimum atomic E-state index is -0.729. The molecule has 0 aliphatic carbocycles. The molecule has 0 saturated heterocycles. The Morgan fingerprint density at radius 2 is 1.10 bits per heavy atom. The van der Waals surface area contributed by atoms with E-state index in [0.29, 0.717) is 0 Å². The average molecular weight is 281 g/mol. The molecule has 0 radical (unpaired) electrons. The van der Waals surface area contributed by atoms with E-state index in [4.69, 9.17) is 11.5 Å². The Hall–Kier alpha value is -3.15. The van der Waals surface area contributed by atoms with E-state index in [1.165, 1.54) is 22.8 Å². The van der Waals surface area contributed by atoms with Gasteiger partial charge in [-0.15, -0.1) is 0 Å². The van der Waals surface area contributed by atoms with Gasteiger partial charge in [-0.2, -0.15) is 0 Å². The predicted octanol–water partition coefficient (Wildman–Crippen LogP) is 0.965. The SMILES string of the molecule is NC(=O)c1cc(C(N)=O)cc(C(=O)n2c3ccc2cc3)c1. The molecule has 2 heterocycles. The lowest BCUT2D eigenvalue weighted by Gasteiger charge is -2.07. The molecule has 21 heavy (non-hydrogen) atoms. The first-order valence-corrected chi connectivity index (χ1v) is 6.16. The lowest BCUT2D eigenvalue weighted by Crippen LogP contribution is -2.18. The summed E-state index contributed by atoms with van der Waals surface area (Å²) in [5.41, 5.74) is 12.2. The molecule has 1 aromatic carbocycles. The Labute approximate surface area is 119 Å². The van der Waals surface area contributed by atoms with Gasteiger partial charge in [0.25, 0.3) is 5.91 Å². The number of benzene rings is 2. The van der Waals surface area contributed by atoms with Gasteiger partial charge in [0, 0.05) is 27.7 Å². The van der Waals surface area contributed by atoms with Gasteiger partial charge in [0.15, 0.2) is 0 Å². The number of fused-ring (bicyclic) bond motifs is 2. The summed E-state index contributed by atoms with van der Waals surface area (Å²) in [6, 6.07) is 11.2. The maximum Gasteiger partial charge on any atom is 0.262 e. The highest BCUT2D eigenvalue weighted by molar-refractivity contribution is 6.07. The second-order valence-electron chi connectivity index (χ2n) is 4.68. The van der Waals surface area contributed by atoms with Crippen molar-refractivity contribution >= 4 is 28.8 Å². The first-order valence-electron chi connectivity index (χ1n) is 6.16. The minimum Gasteiger partial charge on any atom is -0.366 e. The van der Waals surface area contributed by atoms with Crippen LogP contribution in [0.5, 0.6) is 0 Å². The second kappa shape index (κ2) is 4.45. The predicted molar refractivity (Wildman–Crippen MR) is 76.3 cm³/mol. The Morgan fingerprint density at radius 3 is 1.48 bits per heavy atom. The van der Waals surface area contributed by atoms with Crippen LogP contribution in [0.1, 0.15) is 31.1 Å². The molecule has 0 unspecified atom stereocenters.